The van der Waals surface area contributed by atoms with Gasteiger partial charge < -0.3 is 4.74 Å². The summed E-state index contributed by atoms with van der Waals surface area (Å²) in [5, 5.41) is 0. The van der Waals surface area contributed by atoms with Crippen molar-refractivity contribution < 1.29 is 4.74 Å². The average molecular weight is 133 g/mol. The summed E-state index contributed by atoms with van der Waals surface area (Å²) in [4.78, 5) is 0. The molecule has 0 bridgehead atoms. The second-order valence-corrected chi connectivity index (χ2v) is 1.92. The molecule has 0 unspecified atom stereocenters. The van der Waals surface area contributed by atoms with Crippen LogP contribution < -0.4 is 0 Å². The van der Waals surface area contributed by atoms with Crippen LogP contribution in [-0.2, 0) is 11.3 Å². The molecule has 1 aromatic carbocycles. The van der Waals surface area contributed by atoms with Gasteiger partial charge in [0.2, 0.25) is 0 Å². The second-order valence-electron chi connectivity index (χ2n) is 1.92. The van der Waals surface area contributed by atoms with Gasteiger partial charge in [0.25, 0.3) is 0 Å². The van der Waals surface area contributed by atoms with E-state index in [4.69, 9.17) is 4.74 Å². The molecule has 0 aliphatic carbocycles. The Bertz CT molecular complexity index is 191. The Morgan fingerprint density at radius 3 is 2.60 bits per heavy atom. The highest BCUT2D eigenvalue weighted by atomic mass is 16.5. The molecule has 0 aliphatic rings. The van der Waals surface area contributed by atoms with Crippen molar-refractivity contribution in [3.05, 3.63) is 48.7 Å². The van der Waals surface area contributed by atoms with Crippen LogP contribution in [0.4, 0.5) is 0 Å². The molecule has 0 aliphatic heterocycles. The van der Waals surface area contributed by atoms with E-state index >= 15 is 0 Å². The van der Waals surface area contributed by atoms with Gasteiger partial charge in [-0.3, -0.25) is 0 Å². The van der Waals surface area contributed by atoms with Gasteiger partial charge in [-0.05, 0) is 5.56 Å². The smallest absolute Gasteiger partial charge is 0.153 e. The minimum Gasteiger partial charge on any atom is -0.486 e. The molecule has 0 saturated heterocycles. The highest BCUT2D eigenvalue weighted by Gasteiger charge is 1.86. The standard InChI is InChI=1S/C9H9O/c1-2-10-8-9-6-4-3-5-7-9/h3-7H,1,8H2. The van der Waals surface area contributed by atoms with E-state index in [0.29, 0.717) is 6.61 Å². The van der Waals surface area contributed by atoms with E-state index in [9.17, 15) is 0 Å². The van der Waals surface area contributed by atoms with E-state index in [-0.39, 0.29) is 0 Å². The maximum Gasteiger partial charge on any atom is 0.153 e. The lowest BCUT2D eigenvalue weighted by Gasteiger charge is -1.97. The molecule has 0 heterocycles. The first-order chi connectivity index (χ1) is 4.93. The molecule has 0 fully saturated rings. The van der Waals surface area contributed by atoms with Crippen molar-refractivity contribution in [1.29, 1.82) is 0 Å². The SMILES string of the molecule is C=[C]OCc1ccccc1. The molecule has 0 amide bonds. The lowest BCUT2D eigenvalue weighted by atomic mass is 10.2. The fourth-order valence-electron chi connectivity index (χ4n) is 0.709. The molecule has 1 radical (unpaired) electrons. The van der Waals surface area contributed by atoms with Gasteiger partial charge in [-0.2, -0.15) is 0 Å². The molecule has 1 heteroatoms. The largest absolute Gasteiger partial charge is 0.486 e. The van der Waals surface area contributed by atoms with Gasteiger partial charge in [0, 0.05) is 0 Å². The molecule has 0 spiro atoms. The zero-order chi connectivity index (χ0) is 7.23. The van der Waals surface area contributed by atoms with Gasteiger partial charge in [0.1, 0.15) is 6.61 Å². The van der Waals surface area contributed by atoms with Crippen molar-refractivity contribution >= 4 is 0 Å². The summed E-state index contributed by atoms with van der Waals surface area (Å²) < 4.78 is 4.86. The summed E-state index contributed by atoms with van der Waals surface area (Å²) in [5.41, 5.74) is 1.14. The molecule has 1 nitrogen and oxygen atoms in total. The Morgan fingerprint density at radius 1 is 1.30 bits per heavy atom. The zero-order valence-corrected chi connectivity index (χ0v) is 5.71. The van der Waals surface area contributed by atoms with E-state index in [0.717, 1.165) is 5.56 Å². The lowest BCUT2D eigenvalue weighted by molar-refractivity contribution is 0.217. The topological polar surface area (TPSA) is 9.23 Å². The Kier molecular flexibility index (Phi) is 2.56. The van der Waals surface area contributed by atoms with E-state index in [2.05, 4.69) is 12.8 Å². The Morgan fingerprint density at radius 2 is 2.00 bits per heavy atom. The Labute approximate surface area is 61.0 Å². The number of rotatable bonds is 3. The van der Waals surface area contributed by atoms with Crippen LogP contribution in [0.25, 0.3) is 0 Å². The molecular formula is C9H9O. The molecule has 1 rings (SSSR count). The van der Waals surface area contributed by atoms with E-state index < -0.39 is 0 Å². The minimum absolute atomic E-state index is 0.560. The molecule has 10 heavy (non-hydrogen) atoms. The van der Waals surface area contributed by atoms with E-state index in [1.54, 1.807) is 0 Å². The first-order valence-electron chi connectivity index (χ1n) is 3.11. The molecule has 0 atom stereocenters. The first-order valence-corrected chi connectivity index (χ1v) is 3.11. The minimum atomic E-state index is 0.560. The predicted octanol–water partition coefficient (Wildman–Crippen LogP) is 2.15. The summed E-state index contributed by atoms with van der Waals surface area (Å²) >= 11 is 0. The van der Waals surface area contributed by atoms with Crippen molar-refractivity contribution in [1.82, 2.24) is 0 Å². The molecule has 0 N–H and O–H groups in total. The lowest BCUT2D eigenvalue weighted by Crippen LogP contribution is -1.83. The number of benzene rings is 1. The quantitative estimate of drug-likeness (QED) is 0.574. The van der Waals surface area contributed by atoms with Crippen LogP contribution in [0, 0.1) is 6.26 Å². The summed E-state index contributed by atoms with van der Waals surface area (Å²) in [6.07, 6.45) is 2.37. The third-order valence-corrected chi connectivity index (χ3v) is 1.18. The van der Waals surface area contributed by atoms with Crippen molar-refractivity contribution in [3.8, 4) is 0 Å². The van der Waals surface area contributed by atoms with Crippen LogP contribution in [0.1, 0.15) is 5.56 Å². The van der Waals surface area contributed by atoms with Crippen molar-refractivity contribution in [2.24, 2.45) is 0 Å². The second kappa shape index (κ2) is 3.72. The normalized spacial score (nSPS) is 8.80. The maximum atomic E-state index is 4.86. The third-order valence-electron chi connectivity index (χ3n) is 1.18. The fourth-order valence-corrected chi connectivity index (χ4v) is 0.709. The van der Waals surface area contributed by atoms with Crippen LogP contribution in [-0.4, -0.2) is 0 Å². The van der Waals surface area contributed by atoms with Crippen LogP contribution in [0.3, 0.4) is 0 Å². The average Bonchev–Trinajstić information content (AvgIpc) is 2.03. The third kappa shape index (κ3) is 1.94. The maximum absolute atomic E-state index is 4.86. The van der Waals surface area contributed by atoms with Crippen LogP contribution in [0.5, 0.6) is 0 Å². The highest BCUT2D eigenvalue weighted by molar-refractivity contribution is 5.13. The predicted molar refractivity (Wildman–Crippen MR) is 40.1 cm³/mol. The van der Waals surface area contributed by atoms with Gasteiger partial charge in [-0.15, -0.1) is 0 Å². The monoisotopic (exact) mass is 133 g/mol. The Balaban J connectivity index is 2.50. The fraction of sp³-hybridized carbons (Fsp3) is 0.111. The van der Waals surface area contributed by atoms with E-state index in [1.165, 1.54) is 0 Å². The van der Waals surface area contributed by atoms with Gasteiger partial charge in [0.15, 0.2) is 6.26 Å². The van der Waals surface area contributed by atoms with Crippen molar-refractivity contribution in [3.63, 3.8) is 0 Å². The van der Waals surface area contributed by atoms with Gasteiger partial charge in [-0.25, -0.2) is 0 Å². The van der Waals surface area contributed by atoms with E-state index in [1.807, 2.05) is 30.3 Å². The Hall–Kier alpha value is -1.24. The number of hydrogen-bond donors (Lipinski definition) is 0. The number of ether oxygens (including phenoxy) is 1. The zero-order valence-electron chi connectivity index (χ0n) is 5.71. The summed E-state index contributed by atoms with van der Waals surface area (Å²) in [7, 11) is 0. The van der Waals surface area contributed by atoms with Crippen molar-refractivity contribution in [2.75, 3.05) is 0 Å². The number of hydrogen-bond acceptors (Lipinski definition) is 1. The molecule has 0 saturated carbocycles. The summed E-state index contributed by atoms with van der Waals surface area (Å²) in [6.45, 7) is 3.89. The summed E-state index contributed by atoms with van der Waals surface area (Å²) in [5.74, 6) is 0. The first kappa shape index (κ1) is 6.87. The van der Waals surface area contributed by atoms with Gasteiger partial charge in [-0.1, -0.05) is 36.9 Å². The van der Waals surface area contributed by atoms with Gasteiger partial charge >= 0.3 is 0 Å². The molecule has 0 aromatic heterocycles. The molecule has 1 aromatic rings. The molecule has 51 valence electrons. The van der Waals surface area contributed by atoms with Crippen LogP contribution in [0.2, 0.25) is 0 Å². The van der Waals surface area contributed by atoms with Crippen molar-refractivity contribution in [2.45, 2.75) is 6.61 Å². The van der Waals surface area contributed by atoms with Crippen LogP contribution in [0.15, 0.2) is 36.9 Å². The highest BCUT2D eigenvalue weighted by Crippen LogP contribution is 1.99. The molecular weight excluding hydrogens is 124 g/mol. The van der Waals surface area contributed by atoms with Crippen LogP contribution >= 0.6 is 0 Å². The van der Waals surface area contributed by atoms with Gasteiger partial charge in [0.05, 0.1) is 0 Å². The summed E-state index contributed by atoms with van der Waals surface area (Å²) in [6, 6.07) is 9.92.